The summed E-state index contributed by atoms with van der Waals surface area (Å²) in [6, 6.07) is 11.2. The minimum atomic E-state index is -0.684. The van der Waals surface area contributed by atoms with Gasteiger partial charge in [0.15, 0.2) is 5.17 Å². The van der Waals surface area contributed by atoms with Gasteiger partial charge in [0, 0.05) is 12.2 Å². The zero-order valence-electron chi connectivity index (χ0n) is 18.7. The van der Waals surface area contributed by atoms with E-state index in [0.717, 1.165) is 5.56 Å². The molecule has 6 nitrogen and oxygen atoms in total. The lowest BCUT2D eigenvalue weighted by molar-refractivity contribution is -0.136. The molecule has 0 saturated heterocycles. The molecule has 2 aromatic rings. The number of benzene rings is 2. The van der Waals surface area contributed by atoms with Crippen molar-refractivity contribution in [3.05, 3.63) is 93.7 Å². The molecule has 1 amide bonds. The van der Waals surface area contributed by atoms with E-state index in [2.05, 4.69) is 10.3 Å². The third kappa shape index (κ3) is 4.89. The first-order valence-corrected chi connectivity index (χ1v) is 11.6. The SMILES string of the molecule is CCC1=C(C(=O)OC)[C@H](c2cccc(F)c2)N2C(CC(=O)NCc3ccc(F)cc3)=CSC2=N1. The van der Waals surface area contributed by atoms with Crippen LogP contribution in [0.5, 0.6) is 0 Å². The van der Waals surface area contributed by atoms with Crippen molar-refractivity contribution in [2.45, 2.75) is 32.4 Å². The number of nitrogens with one attached hydrogen (secondary N) is 1. The molecule has 0 aliphatic carbocycles. The second-order valence-corrected chi connectivity index (χ2v) is 8.57. The number of hydrogen-bond donors (Lipinski definition) is 1. The Balaban J connectivity index is 1.61. The number of amides is 1. The van der Waals surface area contributed by atoms with Gasteiger partial charge < -0.3 is 15.0 Å². The Bertz CT molecular complexity index is 1210. The zero-order chi connectivity index (χ0) is 24.2. The van der Waals surface area contributed by atoms with Crippen LogP contribution in [-0.2, 0) is 20.9 Å². The molecule has 0 saturated carbocycles. The van der Waals surface area contributed by atoms with Crippen molar-refractivity contribution in [3.63, 3.8) is 0 Å². The van der Waals surface area contributed by atoms with E-state index in [-0.39, 0.29) is 24.7 Å². The van der Waals surface area contributed by atoms with Gasteiger partial charge in [0.05, 0.1) is 30.8 Å². The molecule has 2 heterocycles. The number of aliphatic imine (C=N–C) groups is 1. The summed E-state index contributed by atoms with van der Waals surface area (Å²) < 4.78 is 32.3. The molecule has 4 rings (SSSR count). The summed E-state index contributed by atoms with van der Waals surface area (Å²) in [4.78, 5) is 32.0. The maximum atomic E-state index is 14.2. The molecule has 1 N–H and O–H groups in total. The van der Waals surface area contributed by atoms with E-state index in [1.54, 1.807) is 29.2 Å². The van der Waals surface area contributed by atoms with Crippen molar-refractivity contribution in [1.82, 2.24) is 10.2 Å². The lowest BCUT2D eigenvalue weighted by Crippen LogP contribution is -2.38. The van der Waals surface area contributed by atoms with Crippen LogP contribution in [0.15, 0.2) is 75.9 Å². The first kappa shape index (κ1) is 23.7. The predicted molar refractivity (Wildman–Crippen MR) is 126 cm³/mol. The van der Waals surface area contributed by atoms with Crippen molar-refractivity contribution >= 4 is 28.8 Å². The van der Waals surface area contributed by atoms with E-state index in [4.69, 9.17) is 4.74 Å². The minimum absolute atomic E-state index is 0.0228. The number of thioether (sulfide) groups is 1. The highest BCUT2D eigenvalue weighted by Gasteiger charge is 2.41. The topological polar surface area (TPSA) is 71.0 Å². The van der Waals surface area contributed by atoms with Crippen LogP contribution in [0.2, 0.25) is 0 Å². The van der Waals surface area contributed by atoms with Gasteiger partial charge in [-0.2, -0.15) is 0 Å². The smallest absolute Gasteiger partial charge is 0.338 e. The molecule has 0 fully saturated rings. The van der Waals surface area contributed by atoms with Crippen LogP contribution in [0.3, 0.4) is 0 Å². The Kier molecular flexibility index (Phi) is 7.12. The highest BCUT2D eigenvalue weighted by Crippen LogP contribution is 2.45. The monoisotopic (exact) mass is 483 g/mol. The first-order chi connectivity index (χ1) is 16.4. The number of rotatable bonds is 7. The second kappa shape index (κ2) is 10.2. The van der Waals surface area contributed by atoms with Gasteiger partial charge in [0.1, 0.15) is 11.6 Å². The van der Waals surface area contributed by atoms with E-state index < -0.39 is 17.8 Å². The molecule has 1 atom stereocenters. The minimum Gasteiger partial charge on any atom is -0.466 e. The number of ether oxygens (including phenoxy) is 1. The predicted octanol–water partition coefficient (Wildman–Crippen LogP) is 4.81. The molecule has 0 bridgehead atoms. The van der Waals surface area contributed by atoms with Gasteiger partial charge in [-0.25, -0.2) is 18.6 Å². The van der Waals surface area contributed by atoms with E-state index in [1.807, 2.05) is 12.3 Å². The number of esters is 1. The summed E-state index contributed by atoms with van der Waals surface area (Å²) in [7, 11) is 1.29. The van der Waals surface area contributed by atoms with Gasteiger partial charge in [-0.15, -0.1) is 0 Å². The number of carbonyl (C=O) groups is 2. The van der Waals surface area contributed by atoms with Crippen molar-refractivity contribution < 1.29 is 23.1 Å². The molecule has 2 aliphatic heterocycles. The summed E-state index contributed by atoms with van der Waals surface area (Å²) >= 11 is 1.35. The summed E-state index contributed by atoms with van der Waals surface area (Å²) in [5, 5.41) is 5.25. The molecule has 2 aromatic carbocycles. The molecular formula is C25H23F2N3O3S. The fourth-order valence-corrected chi connectivity index (χ4v) is 4.87. The van der Waals surface area contributed by atoms with Crippen LogP contribution >= 0.6 is 11.8 Å². The van der Waals surface area contributed by atoms with Crippen LogP contribution in [0.4, 0.5) is 8.78 Å². The van der Waals surface area contributed by atoms with Crippen molar-refractivity contribution in [3.8, 4) is 0 Å². The molecule has 9 heteroatoms. The number of nitrogens with zero attached hydrogens (tertiary/aromatic N) is 2. The average molecular weight is 484 g/mol. The largest absolute Gasteiger partial charge is 0.466 e. The Morgan fingerprint density at radius 3 is 2.59 bits per heavy atom. The molecule has 2 aliphatic rings. The standard InChI is InChI=1S/C25H23F2N3O3S/c1-3-20-22(24(32)33-2)23(16-5-4-6-18(27)11-16)30-19(14-34-25(30)29-20)12-21(31)28-13-15-7-9-17(26)10-8-15/h4-11,14,23H,3,12-13H2,1-2H3,(H,28,31)/t23-/m0/s1. The molecule has 34 heavy (non-hydrogen) atoms. The van der Waals surface area contributed by atoms with Crippen molar-refractivity contribution in [1.29, 1.82) is 0 Å². The Hall–Kier alpha value is -3.46. The van der Waals surface area contributed by atoms with Gasteiger partial charge in [-0.05, 0) is 47.2 Å². The van der Waals surface area contributed by atoms with Crippen molar-refractivity contribution in [2.24, 2.45) is 4.99 Å². The van der Waals surface area contributed by atoms with Gasteiger partial charge in [-0.3, -0.25) is 4.79 Å². The summed E-state index contributed by atoms with van der Waals surface area (Å²) in [5.74, 6) is -1.58. The number of allylic oxidation sites excluding steroid dienone is 1. The first-order valence-electron chi connectivity index (χ1n) is 10.7. The van der Waals surface area contributed by atoms with Gasteiger partial charge in [0.25, 0.3) is 0 Å². The highest BCUT2D eigenvalue weighted by atomic mass is 32.2. The van der Waals surface area contributed by atoms with Crippen molar-refractivity contribution in [2.75, 3.05) is 7.11 Å². The third-order valence-corrected chi connectivity index (χ3v) is 6.43. The van der Waals surface area contributed by atoms with Crippen LogP contribution < -0.4 is 5.32 Å². The maximum absolute atomic E-state index is 14.2. The molecule has 0 aromatic heterocycles. The summed E-state index contributed by atoms with van der Waals surface area (Å²) in [5.41, 5.74) is 2.84. The Morgan fingerprint density at radius 2 is 1.91 bits per heavy atom. The highest BCUT2D eigenvalue weighted by molar-refractivity contribution is 8.16. The molecule has 0 spiro atoms. The number of methoxy groups -OCH3 is 1. The lowest BCUT2D eigenvalue weighted by atomic mass is 9.93. The van der Waals surface area contributed by atoms with E-state index in [1.165, 1.54) is 43.1 Å². The molecule has 0 unspecified atom stereocenters. The molecular weight excluding hydrogens is 460 g/mol. The number of fused-ring (bicyclic) bond motifs is 1. The number of halogens is 2. The number of amidine groups is 1. The fraction of sp³-hybridized carbons (Fsp3) is 0.240. The maximum Gasteiger partial charge on any atom is 0.338 e. The Labute approximate surface area is 200 Å². The fourth-order valence-electron chi connectivity index (χ4n) is 3.93. The van der Waals surface area contributed by atoms with E-state index >= 15 is 0 Å². The Morgan fingerprint density at radius 1 is 1.15 bits per heavy atom. The van der Waals surface area contributed by atoms with Gasteiger partial charge >= 0.3 is 5.97 Å². The van der Waals surface area contributed by atoms with Crippen LogP contribution in [0.1, 0.15) is 36.9 Å². The van der Waals surface area contributed by atoms with Crippen LogP contribution in [-0.4, -0.2) is 29.1 Å². The van der Waals surface area contributed by atoms with E-state index in [0.29, 0.717) is 34.1 Å². The summed E-state index contributed by atoms with van der Waals surface area (Å²) in [6.45, 7) is 2.14. The number of hydrogen-bond acceptors (Lipinski definition) is 6. The molecule has 0 radical (unpaired) electrons. The van der Waals surface area contributed by atoms with Crippen LogP contribution in [0, 0.1) is 11.6 Å². The molecule has 176 valence electrons. The zero-order valence-corrected chi connectivity index (χ0v) is 19.5. The number of carbonyl (C=O) groups excluding carboxylic acids is 2. The van der Waals surface area contributed by atoms with Gasteiger partial charge in [0.2, 0.25) is 5.91 Å². The summed E-state index contributed by atoms with van der Waals surface area (Å²) in [6.07, 6.45) is 0.510. The quantitative estimate of drug-likeness (QED) is 0.573. The average Bonchev–Trinajstić information content (AvgIpc) is 3.24. The van der Waals surface area contributed by atoms with E-state index in [9.17, 15) is 18.4 Å². The van der Waals surface area contributed by atoms with Gasteiger partial charge in [-0.1, -0.05) is 43.0 Å². The normalized spacial score (nSPS) is 17.2. The second-order valence-electron chi connectivity index (χ2n) is 7.73. The third-order valence-electron chi connectivity index (χ3n) is 5.54. The lowest BCUT2D eigenvalue weighted by Gasteiger charge is -2.36. The van der Waals surface area contributed by atoms with Crippen LogP contribution in [0.25, 0.3) is 0 Å².